The van der Waals surface area contributed by atoms with Gasteiger partial charge in [-0.05, 0) is 66.8 Å². The first-order valence-electron chi connectivity index (χ1n) is 9.40. The zero-order valence-electron chi connectivity index (χ0n) is 16.7. The van der Waals surface area contributed by atoms with Gasteiger partial charge in [0, 0.05) is 24.1 Å². The molecular formula is C23H24N2O3S. The average molecular weight is 409 g/mol. The molecule has 0 bridgehead atoms. The molecular weight excluding hydrogens is 384 g/mol. The molecule has 6 heteroatoms. The number of aromatic nitrogens is 1. The van der Waals surface area contributed by atoms with Crippen LogP contribution in [-0.2, 0) is 9.84 Å². The number of hydrogen-bond acceptors (Lipinski definition) is 5. The molecule has 0 fully saturated rings. The van der Waals surface area contributed by atoms with Crippen molar-refractivity contribution in [3.8, 4) is 0 Å². The third-order valence-corrected chi connectivity index (χ3v) is 6.25. The van der Waals surface area contributed by atoms with E-state index >= 15 is 0 Å². The Morgan fingerprint density at radius 2 is 1.72 bits per heavy atom. The van der Waals surface area contributed by atoms with Crippen molar-refractivity contribution >= 4 is 9.84 Å². The second-order valence-electron chi connectivity index (χ2n) is 7.34. The summed E-state index contributed by atoms with van der Waals surface area (Å²) < 4.78 is 24.1. The molecule has 0 spiro atoms. The summed E-state index contributed by atoms with van der Waals surface area (Å²) in [5.41, 5.74) is 4.62. The number of pyridine rings is 1. The molecule has 3 rings (SSSR count). The van der Waals surface area contributed by atoms with E-state index in [1.807, 2.05) is 50.2 Å². The molecule has 2 aromatic carbocycles. The first kappa shape index (κ1) is 20.9. The molecule has 2 atom stereocenters. The number of nitrogens with zero attached hydrogens (tertiary/aromatic N) is 2. The minimum atomic E-state index is -3.34. The Balaban J connectivity index is 2.09. The Morgan fingerprint density at radius 1 is 0.966 bits per heavy atom. The van der Waals surface area contributed by atoms with Gasteiger partial charge in [-0.1, -0.05) is 41.6 Å². The lowest BCUT2D eigenvalue weighted by molar-refractivity contribution is 0.589. The molecule has 0 aliphatic heterocycles. The van der Waals surface area contributed by atoms with E-state index in [2.05, 4.69) is 10.2 Å². The van der Waals surface area contributed by atoms with E-state index in [1.165, 1.54) is 6.26 Å². The second-order valence-corrected chi connectivity index (χ2v) is 9.36. The lowest BCUT2D eigenvalue weighted by atomic mass is 9.82. The lowest BCUT2D eigenvalue weighted by Gasteiger charge is -2.23. The standard InChI is InChI=1S/C23H24N2O3S/c1-16-7-4-5-10-21(16)22(18-8-6-9-20(14-18)29(3,27)28)15-23(25-26)19-11-12-24-17(2)13-19/h4-14,22-23H,15H2,1-3H3. The van der Waals surface area contributed by atoms with Gasteiger partial charge in [-0.25, -0.2) is 8.42 Å². The van der Waals surface area contributed by atoms with Crippen molar-refractivity contribution in [1.82, 2.24) is 4.98 Å². The first-order valence-corrected chi connectivity index (χ1v) is 11.3. The highest BCUT2D eigenvalue weighted by atomic mass is 32.2. The van der Waals surface area contributed by atoms with E-state index in [1.54, 1.807) is 30.5 Å². The van der Waals surface area contributed by atoms with Crippen LogP contribution in [0.1, 0.15) is 46.3 Å². The summed E-state index contributed by atoms with van der Waals surface area (Å²) in [5.74, 6) is -0.172. The fourth-order valence-electron chi connectivity index (χ4n) is 3.62. The van der Waals surface area contributed by atoms with Crippen LogP contribution in [0.3, 0.4) is 0 Å². The summed E-state index contributed by atoms with van der Waals surface area (Å²) in [4.78, 5) is 16.2. The van der Waals surface area contributed by atoms with Gasteiger partial charge in [0.25, 0.3) is 0 Å². The minimum absolute atomic E-state index is 0.172. The van der Waals surface area contributed by atoms with Crippen molar-refractivity contribution < 1.29 is 8.42 Å². The maximum Gasteiger partial charge on any atom is 0.175 e. The summed E-state index contributed by atoms with van der Waals surface area (Å²) in [6.45, 7) is 3.89. The van der Waals surface area contributed by atoms with Crippen molar-refractivity contribution in [2.75, 3.05) is 6.26 Å². The van der Waals surface area contributed by atoms with Crippen LogP contribution in [0.2, 0.25) is 0 Å². The molecule has 150 valence electrons. The minimum Gasteiger partial charge on any atom is -0.262 e. The van der Waals surface area contributed by atoms with Crippen LogP contribution in [-0.4, -0.2) is 19.7 Å². The maximum atomic E-state index is 12.1. The Hall–Kier alpha value is -2.86. The molecule has 1 heterocycles. The highest BCUT2D eigenvalue weighted by Gasteiger charge is 2.24. The molecule has 0 saturated heterocycles. The molecule has 0 amide bonds. The molecule has 0 aliphatic rings. The number of rotatable bonds is 7. The van der Waals surface area contributed by atoms with Crippen molar-refractivity contribution in [2.45, 2.75) is 37.1 Å². The van der Waals surface area contributed by atoms with Crippen LogP contribution in [0.4, 0.5) is 0 Å². The Kier molecular flexibility index (Phi) is 6.23. The molecule has 0 radical (unpaired) electrons. The maximum absolute atomic E-state index is 12.1. The summed E-state index contributed by atoms with van der Waals surface area (Å²) in [7, 11) is -3.34. The van der Waals surface area contributed by atoms with Gasteiger partial charge in [0.1, 0.15) is 6.04 Å². The summed E-state index contributed by atoms with van der Waals surface area (Å²) in [6.07, 6.45) is 3.31. The van der Waals surface area contributed by atoms with Crippen LogP contribution < -0.4 is 0 Å². The Morgan fingerprint density at radius 3 is 2.38 bits per heavy atom. The van der Waals surface area contributed by atoms with Crippen LogP contribution in [0.25, 0.3) is 0 Å². The quantitative estimate of drug-likeness (QED) is 0.508. The predicted molar refractivity (Wildman–Crippen MR) is 115 cm³/mol. The van der Waals surface area contributed by atoms with Crippen molar-refractivity contribution in [3.63, 3.8) is 0 Å². The van der Waals surface area contributed by atoms with Crippen molar-refractivity contribution in [1.29, 1.82) is 0 Å². The fraction of sp³-hybridized carbons (Fsp3) is 0.261. The lowest BCUT2D eigenvalue weighted by Crippen LogP contribution is -2.10. The van der Waals surface area contributed by atoms with Gasteiger partial charge in [-0.3, -0.25) is 4.98 Å². The molecule has 3 aromatic rings. The highest BCUT2D eigenvalue weighted by Crippen LogP contribution is 2.37. The number of hydrogen-bond donors (Lipinski definition) is 0. The van der Waals surface area contributed by atoms with Gasteiger partial charge in [-0.15, -0.1) is 0 Å². The predicted octanol–water partition coefficient (Wildman–Crippen LogP) is 5.13. The van der Waals surface area contributed by atoms with Crippen molar-refractivity contribution in [2.24, 2.45) is 5.18 Å². The van der Waals surface area contributed by atoms with E-state index in [0.29, 0.717) is 6.42 Å². The fourth-order valence-corrected chi connectivity index (χ4v) is 4.30. The van der Waals surface area contributed by atoms with Gasteiger partial charge >= 0.3 is 0 Å². The van der Waals surface area contributed by atoms with E-state index < -0.39 is 15.9 Å². The van der Waals surface area contributed by atoms with E-state index in [4.69, 9.17) is 0 Å². The summed E-state index contributed by atoms with van der Waals surface area (Å²) in [5, 5.41) is 3.40. The van der Waals surface area contributed by atoms with Crippen LogP contribution >= 0.6 is 0 Å². The molecule has 1 aromatic heterocycles. The second kappa shape index (κ2) is 8.66. The molecule has 29 heavy (non-hydrogen) atoms. The monoisotopic (exact) mass is 408 g/mol. The smallest absolute Gasteiger partial charge is 0.175 e. The van der Waals surface area contributed by atoms with Crippen LogP contribution in [0, 0.1) is 18.8 Å². The SMILES string of the molecule is Cc1cc(C(CC(c2cccc(S(C)(=O)=O)c2)c2ccccc2C)N=O)ccn1. The third-order valence-electron chi connectivity index (χ3n) is 5.14. The topological polar surface area (TPSA) is 76.5 Å². The number of aryl methyl sites for hydroxylation is 2. The number of sulfone groups is 1. The average Bonchev–Trinajstić information content (AvgIpc) is 2.69. The summed E-state index contributed by atoms with van der Waals surface area (Å²) >= 11 is 0. The number of nitroso groups, excluding NO2 is 1. The number of benzene rings is 2. The Bertz CT molecular complexity index is 1130. The zero-order chi connectivity index (χ0) is 21.0. The first-order chi connectivity index (χ1) is 13.8. The van der Waals surface area contributed by atoms with Crippen LogP contribution in [0.5, 0.6) is 0 Å². The Labute approximate surface area is 171 Å². The molecule has 0 aliphatic carbocycles. The van der Waals surface area contributed by atoms with Gasteiger partial charge in [-0.2, -0.15) is 4.91 Å². The van der Waals surface area contributed by atoms with E-state index in [9.17, 15) is 13.3 Å². The van der Waals surface area contributed by atoms with Crippen molar-refractivity contribution in [3.05, 3.63) is 99.7 Å². The molecule has 0 N–H and O–H groups in total. The molecule has 0 saturated carbocycles. The van der Waals surface area contributed by atoms with Crippen LogP contribution in [0.15, 0.2) is 76.9 Å². The molecule has 2 unspecified atom stereocenters. The van der Waals surface area contributed by atoms with Gasteiger partial charge in [0.15, 0.2) is 9.84 Å². The third kappa shape index (κ3) is 4.95. The summed E-state index contributed by atoms with van der Waals surface area (Å²) in [6, 6.07) is 18.0. The van der Waals surface area contributed by atoms with E-state index in [0.717, 1.165) is 27.9 Å². The normalized spacial score (nSPS) is 13.6. The zero-order valence-corrected chi connectivity index (χ0v) is 17.6. The van der Waals surface area contributed by atoms with E-state index in [-0.39, 0.29) is 10.8 Å². The largest absolute Gasteiger partial charge is 0.262 e. The molecule has 5 nitrogen and oxygen atoms in total. The van der Waals surface area contributed by atoms with Gasteiger partial charge in [0.2, 0.25) is 0 Å². The van der Waals surface area contributed by atoms with Gasteiger partial charge < -0.3 is 0 Å². The van der Waals surface area contributed by atoms with Gasteiger partial charge in [0.05, 0.1) is 4.90 Å². The highest BCUT2D eigenvalue weighted by molar-refractivity contribution is 7.90.